The van der Waals surface area contributed by atoms with E-state index in [1.54, 1.807) is 4.31 Å². The first-order valence-electron chi connectivity index (χ1n) is 7.04. The third kappa shape index (κ3) is 6.21. The molecule has 0 bridgehead atoms. The molecule has 1 fully saturated rings. The van der Waals surface area contributed by atoms with Crippen LogP contribution in [0.1, 0.15) is 40.0 Å². The van der Waals surface area contributed by atoms with Crippen molar-refractivity contribution in [1.82, 2.24) is 4.31 Å². The zero-order valence-electron chi connectivity index (χ0n) is 12.4. The number of nitrogens with zero attached hydrogens (tertiary/aromatic N) is 1. The van der Waals surface area contributed by atoms with E-state index in [0.717, 1.165) is 12.8 Å². The fourth-order valence-electron chi connectivity index (χ4n) is 2.08. The van der Waals surface area contributed by atoms with E-state index in [-0.39, 0.29) is 17.3 Å². The summed E-state index contributed by atoms with van der Waals surface area (Å²) < 4.78 is 31.6. The smallest absolute Gasteiger partial charge is 0.214 e. The average molecular weight is 292 g/mol. The molecule has 0 aromatic rings. The van der Waals surface area contributed by atoms with Gasteiger partial charge in [-0.3, -0.25) is 0 Å². The SMILES string of the molecule is CC(C)(C)CCS(=O)(=O)N1CCC(OCCN)CC1. The van der Waals surface area contributed by atoms with E-state index in [0.29, 0.717) is 32.7 Å². The van der Waals surface area contributed by atoms with Crippen molar-refractivity contribution < 1.29 is 13.2 Å². The van der Waals surface area contributed by atoms with Gasteiger partial charge in [-0.1, -0.05) is 20.8 Å². The number of hydrogen-bond acceptors (Lipinski definition) is 4. The molecule has 0 aliphatic carbocycles. The van der Waals surface area contributed by atoms with Crippen molar-refractivity contribution in [3.05, 3.63) is 0 Å². The molecular weight excluding hydrogens is 264 g/mol. The first kappa shape index (κ1) is 16.9. The molecule has 1 aliphatic heterocycles. The van der Waals surface area contributed by atoms with Crippen LogP contribution in [0, 0.1) is 5.41 Å². The number of piperidine rings is 1. The highest BCUT2D eigenvalue weighted by molar-refractivity contribution is 7.89. The van der Waals surface area contributed by atoms with Crippen LogP contribution >= 0.6 is 0 Å². The van der Waals surface area contributed by atoms with E-state index in [2.05, 4.69) is 20.8 Å². The van der Waals surface area contributed by atoms with Crippen LogP contribution in [-0.4, -0.2) is 50.8 Å². The van der Waals surface area contributed by atoms with E-state index in [9.17, 15) is 8.42 Å². The first-order chi connectivity index (χ1) is 8.74. The van der Waals surface area contributed by atoms with Crippen LogP contribution in [0.2, 0.25) is 0 Å². The molecule has 1 heterocycles. The minimum atomic E-state index is -3.11. The number of nitrogens with two attached hydrogens (primary N) is 1. The van der Waals surface area contributed by atoms with Gasteiger partial charge in [0.25, 0.3) is 0 Å². The lowest BCUT2D eigenvalue weighted by atomic mass is 9.94. The summed E-state index contributed by atoms with van der Waals surface area (Å²) >= 11 is 0. The van der Waals surface area contributed by atoms with Gasteiger partial charge in [0.15, 0.2) is 0 Å². The summed E-state index contributed by atoms with van der Waals surface area (Å²) in [4.78, 5) is 0. The molecule has 1 saturated heterocycles. The van der Waals surface area contributed by atoms with Crippen molar-refractivity contribution in [3.63, 3.8) is 0 Å². The quantitative estimate of drug-likeness (QED) is 0.798. The number of ether oxygens (including phenoxy) is 1. The van der Waals surface area contributed by atoms with Crippen LogP contribution < -0.4 is 5.73 Å². The minimum Gasteiger partial charge on any atom is -0.377 e. The second kappa shape index (κ2) is 7.02. The molecule has 2 N–H and O–H groups in total. The summed E-state index contributed by atoms with van der Waals surface area (Å²) in [6.45, 7) is 8.41. The molecule has 0 saturated carbocycles. The molecule has 0 aromatic carbocycles. The fraction of sp³-hybridized carbons (Fsp3) is 1.00. The van der Waals surface area contributed by atoms with Crippen molar-refractivity contribution in [1.29, 1.82) is 0 Å². The molecule has 0 unspecified atom stereocenters. The van der Waals surface area contributed by atoms with Crippen LogP contribution in [0.4, 0.5) is 0 Å². The highest BCUT2D eigenvalue weighted by Crippen LogP contribution is 2.22. The molecule has 0 spiro atoms. The van der Waals surface area contributed by atoms with Gasteiger partial charge in [0.1, 0.15) is 0 Å². The van der Waals surface area contributed by atoms with Gasteiger partial charge in [-0.2, -0.15) is 0 Å². The number of rotatable bonds is 6. The Morgan fingerprint density at radius 2 is 1.84 bits per heavy atom. The third-order valence-corrected chi connectivity index (χ3v) is 5.25. The van der Waals surface area contributed by atoms with Crippen molar-refractivity contribution in [2.24, 2.45) is 11.1 Å². The third-order valence-electron chi connectivity index (χ3n) is 3.38. The van der Waals surface area contributed by atoms with Gasteiger partial charge in [-0.15, -0.1) is 0 Å². The van der Waals surface area contributed by atoms with E-state index < -0.39 is 10.0 Å². The standard InChI is InChI=1S/C13H28N2O3S/c1-13(2,3)6-11-19(16,17)15-8-4-12(5-9-15)18-10-7-14/h12H,4-11,14H2,1-3H3. The zero-order chi connectivity index (χ0) is 14.5. The molecule has 19 heavy (non-hydrogen) atoms. The summed E-state index contributed by atoms with van der Waals surface area (Å²) in [5.74, 6) is 0.241. The predicted molar refractivity (Wildman–Crippen MR) is 77.5 cm³/mol. The summed E-state index contributed by atoms with van der Waals surface area (Å²) in [5, 5.41) is 0. The molecule has 0 atom stereocenters. The Morgan fingerprint density at radius 1 is 1.26 bits per heavy atom. The summed E-state index contributed by atoms with van der Waals surface area (Å²) in [6, 6.07) is 0. The topological polar surface area (TPSA) is 72.6 Å². The Morgan fingerprint density at radius 3 is 2.32 bits per heavy atom. The summed E-state index contributed by atoms with van der Waals surface area (Å²) in [7, 11) is -3.11. The zero-order valence-corrected chi connectivity index (χ0v) is 13.2. The van der Waals surface area contributed by atoms with Crippen molar-refractivity contribution in [2.45, 2.75) is 46.1 Å². The molecule has 114 valence electrons. The van der Waals surface area contributed by atoms with Gasteiger partial charge in [-0.25, -0.2) is 12.7 Å². The van der Waals surface area contributed by atoms with Crippen LogP contribution in [0.3, 0.4) is 0 Å². The highest BCUT2D eigenvalue weighted by Gasteiger charge is 2.29. The maximum absolute atomic E-state index is 12.2. The molecule has 6 heteroatoms. The molecule has 1 rings (SSSR count). The molecular formula is C13H28N2O3S. The van der Waals surface area contributed by atoms with Crippen molar-refractivity contribution >= 4 is 10.0 Å². The highest BCUT2D eigenvalue weighted by atomic mass is 32.2. The van der Waals surface area contributed by atoms with Gasteiger partial charge >= 0.3 is 0 Å². The van der Waals surface area contributed by atoms with Gasteiger partial charge < -0.3 is 10.5 Å². The summed E-state index contributed by atoms with van der Waals surface area (Å²) in [6.07, 6.45) is 2.40. The Bertz CT molecular complexity index is 355. The van der Waals surface area contributed by atoms with Crippen LogP contribution in [0.5, 0.6) is 0 Å². The van der Waals surface area contributed by atoms with Gasteiger partial charge in [-0.05, 0) is 24.7 Å². The molecule has 5 nitrogen and oxygen atoms in total. The van der Waals surface area contributed by atoms with E-state index >= 15 is 0 Å². The normalized spacial score (nSPS) is 19.8. The molecule has 0 radical (unpaired) electrons. The van der Waals surface area contributed by atoms with Crippen LogP contribution in [-0.2, 0) is 14.8 Å². The van der Waals surface area contributed by atoms with Crippen molar-refractivity contribution in [2.75, 3.05) is 32.0 Å². The van der Waals surface area contributed by atoms with Gasteiger partial charge in [0.05, 0.1) is 18.5 Å². The lowest BCUT2D eigenvalue weighted by Crippen LogP contribution is -2.42. The van der Waals surface area contributed by atoms with Gasteiger partial charge in [0, 0.05) is 19.6 Å². The number of hydrogen-bond donors (Lipinski definition) is 1. The second-order valence-electron chi connectivity index (χ2n) is 6.38. The molecule has 1 aliphatic rings. The second-order valence-corrected chi connectivity index (χ2v) is 8.47. The monoisotopic (exact) mass is 292 g/mol. The lowest BCUT2D eigenvalue weighted by molar-refractivity contribution is 0.0257. The van der Waals surface area contributed by atoms with E-state index in [4.69, 9.17) is 10.5 Å². The minimum absolute atomic E-state index is 0.0512. The summed E-state index contributed by atoms with van der Waals surface area (Å²) in [5.41, 5.74) is 5.44. The van der Waals surface area contributed by atoms with E-state index in [1.807, 2.05) is 0 Å². The maximum atomic E-state index is 12.2. The maximum Gasteiger partial charge on any atom is 0.214 e. The van der Waals surface area contributed by atoms with Crippen LogP contribution in [0.15, 0.2) is 0 Å². The first-order valence-corrected chi connectivity index (χ1v) is 8.65. The van der Waals surface area contributed by atoms with Gasteiger partial charge in [0.2, 0.25) is 10.0 Å². The lowest BCUT2D eigenvalue weighted by Gasteiger charge is -2.31. The van der Waals surface area contributed by atoms with Crippen molar-refractivity contribution in [3.8, 4) is 0 Å². The number of sulfonamides is 1. The molecule has 0 aromatic heterocycles. The largest absolute Gasteiger partial charge is 0.377 e. The molecule has 0 amide bonds. The Balaban J connectivity index is 2.41. The van der Waals surface area contributed by atoms with E-state index in [1.165, 1.54) is 0 Å². The Hall–Kier alpha value is -0.170. The van der Waals surface area contributed by atoms with Crippen LogP contribution in [0.25, 0.3) is 0 Å². The Kier molecular flexibility index (Phi) is 6.23. The fourth-order valence-corrected chi connectivity index (χ4v) is 3.97. The average Bonchev–Trinajstić information content (AvgIpc) is 2.34. The predicted octanol–water partition coefficient (Wildman–Crippen LogP) is 1.19. The Labute approximate surface area is 117 Å².